The number of carbonyl (C=O) groups excluding carboxylic acids is 2. The van der Waals surface area contributed by atoms with Crippen LogP contribution in [0.25, 0.3) is 0 Å². The van der Waals surface area contributed by atoms with Gasteiger partial charge in [-0.1, -0.05) is 365 Å². The van der Waals surface area contributed by atoms with E-state index >= 15 is 0 Å². The fourth-order valence-electron chi connectivity index (χ4n) is 12.1. The Bertz CT molecular complexity index is 1360. The van der Waals surface area contributed by atoms with Crippen LogP contribution >= 0.6 is 0 Å². The lowest BCUT2D eigenvalue weighted by atomic mass is 10.0. The van der Waals surface area contributed by atoms with E-state index < -0.39 is 12.1 Å². The Morgan fingerprint density at radius 3 is 0.940 bits per heavy atom. The average Bonchev–Trinajstić information content (AvgIpc) is 3.52. The SMILES string of the molecule is CCCCC/C=C\CCCCCCCC(=O)OCCCCCCCCCCCCC/C=C\C/C=C\CCCCCCCCCCCCCCCCCCCC(=O)NC(CO)C(O)CCCCCCCCCCCCCCCCCCCCCC. The normalized spacial score (nSPS) is 12.7. The third kappa shape index (κ3) is 69.2. The number of aliphatic hydroxyl groups is 2. The minimum atomic E-state index is -0.664. The molecular weight excluding hydrogens is 1030 g/mol. The summed E-state index contributed by atoms with van der Waals surface area (Å²) in [5, 5.41) is 23.4. The van der Waals surface area contributed by atoms with Gasteiger partial charge in [-0.05, 0) is 83.5 Å². The molecule has 0 aliphatic rings. The maximum Gasteiger partial charge on any atom is 0.305 e. The van der Waals surface area contributed by atoms with Crippen molar-refractivity contribution in [1.82, 2.24) is 5.32 Å². The zero-order valence-electron chi connectivity index (χ0n) is 56.9. The Balaban J connectivity index is 3.37. The highest BCUT2D eigenvalue weighted by molar-refractivity contribution is 5.76. The largest absolute Gasteiger partial charge is 0.466 e. The number of esters is 1. The standard InChI is InChI=1S/C78H149NO5/c1-3-5-7-9-11-13-15-17-18-19-20-38-41-44-47-50-54-58-62-66-70-76(81)75(74-80)79-77(82)71-67-63-59-55-51-48-45-42-39-36-34-32-30-28-26-24-22-21-23-25-27-29-31-33-35-37-40-43-46-49-53-57-61-65-69-73-84-78(83)72-68-64-60-56-52-16-14-12-10-8-6-4-2/h12,14,23,25,29,31,75-76,80-81H,3-11,13,15-22,24,26-28,30,32-74H2,1-2H3,(H,79,82)/b14-12-,25-23-,31-29-. The van der Waals surface area contributed by atoms with E-state index in [4.69, 9.17) is 4.74 Å². The first-order valence-corrected chi connectivity index (χ1v) is 38.2. The van der Waals surface area contributed by atoms with Gasteiger partial charge in [-0.3, -0.25) is 9.59 Å². The molecule has 2 atom stereocenters. The monoisotopic (exact) mass is 1180 g/mol. The number of carbonyl (C=O) groups is 2. The molecule has 0 saturated heterocycles. The quantitative estimate of drug-likeness (QED) is 0.0320. The molecule has 0 rings (SSSR count). The molecular formula is C78H149NO5. The zero-order valence-corrected chi connectivity index (χ0v) is 56.9. The minimum Gasteiger partial charge on any atom is -0.466 e. The second-order valence-corrected chi connectivity index (χ2v) is 26.3. The number of allylic oxidation sites excluding steroid dienone is 6. The molecule has 84 heavy (non-hydrogen) atoms. The number of hydrogen-bond donors (Lipinski definition) is 3. The van der Waals surface area contributed by atoms with Crippen LogP contribution in [0.4, 0.5) is 0 Å². The van der Waals surface area contributed by atoms with Crippen molar-refractivity contribution in [3.63, 3.8) is 0 Å². The van der Waals surface area contributed by atoms with Crippen LogP contribution in [0.15, 0.2) is 36.5 Å². The molecule has 3 N–H and O–H groups in total. The third-order valence-electron chi connectivity index (χ3n) is 17.9. The van der Waals surface area contributed by atoms with Crippen LogP contribution in [-0.2, 0) is 14.3 Å². The molecule has 0 fully saturated rings. The number of unbranched alkanes of at least 4 members (excludes halogenated alkanes) is 55. The summed E-state index contributed by atoms with van der Waals surface area (Å²) in [7, 11) is 0. The van der Waals surface area contributed by atoms with Gasteiger partial charge in [0.15, 0.2) is 0 Å². The molecule has 0 bridgehead atoms. The number of nitrogens with one attached hydrogen (secondary N) is 1. The number of rotatable bonds is 72. The van der Waals surface area contributed by atoms with E-state index in [9.17, 15) is 19.8 Å². The van der Waals surface area contributed by atoms with Crippen LogP contribution in [0.2, 0.25) is 0 Å². The summed E-state index contributed by atoms with van der Waals surface area (Å²) in [6, 6.07) is -0.541. The Morgan fingerprint density at radius 1 is 0.333 bits per heavy atom. The van der Waals surface area contributed by atoms with Crippen molar-refractivity contribution in [2.75, 3.05) is 13.2 Å². The van der Waals surface area contributed by atoms with Gasteiger partial charge >= 0.3 is 5.97 Å². The summed E-state index contributed by atoms with van der Waals surface area (Å²) < 4.78 is 5.47. The van der Waals surface area contributed by atoms with Gasteiger partial charge < -0.3 is 20.3 Å². The molecule has 0 aliphatic heterocycles. The highest BCUT2D eigenvalue weighted by Crippen LogP contribution is 2.19. The summed E-state index contributed by atoms with van der Waals surface area (Å²) in [4.78, 5) is 24.6. The lowest BCUT2D eigenvalue weighted by Gasteiger charge is -2.22. The van der Waals surface area contributed by atoms with E-state index in [1.807, 2.05) is 0 Å². The second kappa shape index (κ2) is 73.5. The molecule has 0 heterocycles. The third-order valence-corrected chi connectivity index (χ3v) is 17.9. The fourth-order valence-corrected chi connectivity index (χ4v) is 12.1. The van der Waals surface area contributed by atoms with Crippen molar-refractivity contribution in [3.05, 3.63) is 36.5 Å². The van der Waals surface area contributed by atoms with Gasteiger partial charge in [-0.2, -0.15) is 0 Å². The predicted molar refractivity (Wildman–Crippen MR) is 370 cm³/mol. The number of ether oxygens (including phenoxy) is 1. The topological polar surface area (TPSA) is 95.9 Å². The van der Waals surface area contributed by atoms with Gasteiger partial charge in [0.05, 0.1) is 25.4 Å². The highest BCUT2D eigenvalue weighted by atomic mass is 16.5. The molecule has 0 radical (unpaired) electrons. The molecule has 2 unspecified atom stereocenters. The molecule has 496 valence electrons. The maximum absolute atomic E-state index is 12.6. The first kappa shape index (κ1) is 82.1. The van der Waals surface area contributed by atoms with Crippen molar-refractivity contribution in [2.45, 2.75) is 437 Å². The van der Waals surface area contributed by atoms with Gasteiger partial charge in [0, 0.05) is 12.8 Å². The molecule has 0 saturated carbocycles. The first-order valence-electron chi connectivity index (χ1n) is 38.2. The average molecular weight is 1180 g/mol. The Morgan fingerprint density at radius 2 is 0.595 bits per heavy atom. The van der Waals surface area contributed by atoms with Crippen LogP contribution in [0.5, 0.6) is 0 Å². The second-order valence-electron chi connectivity index (χ2n) is 26.3. The van der Waals surface area contributed by atoms with Crippen LogP contribution in [0, 0.1) is 0 Å². The van der Waals surface area contributed by atoms with E-state index in [0.29, 0.717) is 25.9 Å². The van der Waals surface area contributed by atoms with E-state index in [-0.39, 0.29) is 18.5 Å². The molecule has 6 nitrogen and oxygen atoms in total. The first-order chi connectivity index (χ1) is 41.5. The lowest BCUT2D eigenvalue weighted by molar-refractivity contribution is -0.143. The summed E-state index contributed by atoms with van der Waals surface area (Å²) in [6.45, 7) is 4.97. The molecule has 6 heteroatoms. The van der Waals surface area contributed by atoms with Gasteiger partial charge in [0.1, 0.15) is 0 Å². The van der Waals surface area contributed by atoms with Crippen molar-refractivity contribution in [2.24, 2.45) is 0 Å². The van der Waals surface area contributed by atoms with Crippen molar-refractivity contribution >= 4 is 11.9 Å². The van der Waals surface area contributed by atoms with Crippen molar-refractivity contribution < 1.29 is 24.5 Å². The predicted octanol–water partition coefficient (Wildman–Crippen LogP) is 25.0. The van der Waals surface area contributed by atoms with Gasteiger partial charge in [0.25, 0.3) is 0 Å². The molecule has 0 aromatic rings. The van der Waals surface area contributed by atoms with Gasteiger partial charge in [0.2, 0.25) is 5.91 Å². The van der Waals surface area contributed by atoms with Crippen molar-refractivity contribution in [3.8, 4) is 0 Å². The minimum absolute atomic E-state index is 0.00711. The molecule has 0 aromatic heterocycles. The fraction of sp³-hybridized carbons (Fsp3) is 0.897. The maximum atomic E-state index is 12.6. The summed E-state index contributed by atoms with van der Waals surface area (Å²) in [6.07, 6.45) is 95.1. The smallest absolute Gasteiger partial charge is 0.305 e. The van der Waals surface area contributed by atoms with E-state index in [0.717, 1.165) is 51.4 Å². The van der Waals surface area contributed by atoms with Crippen LogP contribution in [0.3, 0.4) is 0 Å². The molecule has 0 aromatic carbocycles. The Labute approximate surface area is 525 Å². The summed E-state index contributed by atoms with van der Waals surface area (Å²) in [5.74, 6) is -0.0210. The number of hydrogen-bond acceptors (Lipinski definition) is 5. The Kier molecular flexibility index (Phi) is 71.9. The van der Waals surface area contributed by atoms with E-state index in [1.165, 1.54) is 340 Å². The van der Waals surface area contributed by atoms with Gasteiger partial charge in [-0.15, -0.1) is 0 Å². The highest BCUT2D eigenvalue weighted by Gasteiger charge is 2.20. The van der Waals surface area contributed by atoms with Crippen LogP contribution in [-0.4, -0.2) is 47.4 Å². The molecule has 1 amide bonds. The Hall–Kier alpha value is -1.92. The zero-order chi connectivity index (χ0) is 60.6. The molecule has 0 aliphatic carbocycles. The summed E-state index contributed by atoms with van der Waals surface area (Å²) >= 11 is 0. The lowest BCUT2D eigenvalue weighted by Crippen LogP contribution is -2.45. The number of amides is 1. The van der Waals surface area contributed by atoms with Crippen LogP contribution < -0.4 is 5.32 Å². The number of aliphatic hydroxyl groups excluding tert-OH is 2. The van der Waals surface area contributed by atoms with Crippen molar-refractivity contribution in [1.29, 1.82) is 0 Å². The van der Waals surface area contributed by atoms with E-state index in [2.05, 4.69) is 55.6 Å². The van der Waals surface area contributed by atoms with E-state index in [1.54, 1.807) is 0 Å². The van der Waals surface area contributed by atoms with Crippen LogP contribution in [0.1, 0.15) is 425 Å². The van der Waals surface area contributed by atoms with Gasteiger partial charge in [-0.25, -0.2) is 0 Å². The summed E-state index contributed by atoms with van der Waals surface area (Å²) in [5.41, 5.74) is 0. The molecule has 0 spiro atoms.